The van der Waals surface area contributed by atoms with Gasteiger partial charge in [0.05, 0.1) is 11.9 Å². The smallest absolute Gasteiger partial charge is 0.293 e. The molecule has 0 fully saturated rings. The van der Waals surface area contributed by atoms with E-state index in [9.17, 15) is 9.90 Å². The van der Waals surface area contributed by atoms with Gasteiger partial charge in [0.25, 0.3) is 5.91 Å². The number of nitrogens with zero attached hydrogens (tertiary/aromatic N) is 7. The molecule has 0 aliphatic carbocycles. The number of rotatable bonds is 6. The Bertz CT molecular complexity index is 1030. The normalized spacial score (nSPS) is 11.4. The number of phenols is 1. The summed E-state index contributed by atoms with van der Waals surface area (Å²) in [5.74, 6) is -0.520. The van der Waals surface area contributed by atoms with E-state index >= 15 is 0 Å². The first-order chi connectivity index (χ1) is 13.4. The van der Waals surface area contributed by atoms with Crippen molar-refractivity contribution in [3.8, 4) is 11.6 Å². The van der Waals surface area contributed by atoms with Crippen molar-refractivity contribution in [2.24, 2.45) is 5.10 Å². The van der Waals surface area contributed by atoms with Crippen LogP contribution in [0.3, 0.4) is 0 Å². The van der Waals surface area contributed by atoms with Crippen LogP contribution in [0.5, 0.6) is 5.75 Å². The molecule has 0 saturated heterocycles. The molecule has 3 aromatic rings. The number of phenolic OH excluding ortho intramolecular Hbond substituents is 1. The van der Waals surface area contributed by atoms with E-state index in [-0.39, 0.29) is 23.1 Å². The van der Waals surface area contributed by atoms with E-state index in [0.717, 1.165) is 0 Å². The number of nitrogens with two attached hydrogens (primary N) is 1. The average molecular weight is 406 g/mol. The van der Waals surface area contributed by atoms with Crippen molar-refractivity contribution in [1.82, 2.24) is 35.6 Å². The zero-order chi connectivity index (χ0) is 20.3. The average Bonchev–Trinajstić information content (AvgIpc) is 3.23. The summed E-state index contributed by atoms with van der Waals surface area (Å²) in [6.45, 7) is 0.306. The van der Waals surface area contributed by atoms with Gasteiger partial charge in [-0.15, -0.1) is 5.10 Å². The molecule has 0 bridgehead atoms. The molecule has 13 heteroatoms. The standard InChI is InChI=1S/C15H16ClN9O3/c1-24(2)7-10-12(19-23-25(10)14-13(17)21-28-22-14)15(27)20-18-6-8-5-9(16)3-4-11(8)26/h3-6,26H,7H2,1-2H3,(H2,17,21)(H,20,27). The number of hydrogen-bond acceptors (Lipinski definition) is 10. The molecule has 2 heterocycles. The van der Waals surface area contributed by atoms with Crippen LogP contribution in [0.25, 0.3) is 5.82 Å². The summed E-state index contributed by atoms with van der Waals surface area (Å²) in [6.07, 6.45) is 1.26. The lowest BCUT2D eigenvalue weighted by molar-refractivity contribution is 0.0948. The van der Waals surface area contributed by atoms with Crippen LogP contribution < -0.4 is 11.2 Å². The Labute approximate surface area is 163 Å². The number of amides is 1. The largest absolute Gasteiger partial charge is 0.507 e. The van der Waals surface area contributed by atoms with Gasteiger partial charge in [-0.2, -0.15) is 9.78 Å². The number of halogens is 1. The predicted octanol–water partition coefficient (Wildman–Crippen LogP) is 0.417. The molecule has 0 atom stereocenters. The number of benzene rings is 1. The lowest BCUT2D eigenvalue weighted by Crippen LogP contribution is -2.23. The van der Waals surface area contributed by atoms with Crippen LogP contribution in [0.1, 0.15) is 21.7 Å². The quantitative estimate of drug-likeness (QED) is 0.389. The highest BCUT2D eigenvalue weighted by atomic mass is 35.5. The van der Waals surface area contributed by atoms with Crippen molar-refractivity contribution >= 4 is 29.5 Å². The molecular weight excluding hydrogens is 390 g/mol. The highest BCUT2D eigenvalue weighted by Crippen LogP contribution is 2.20. The first-order valence-electron chi connectivity index (χ1n) is 7.86. The van der Waals surface area contributed by atoms with Crippen molar-refractivity contribution in [3.63, 3.8) is 0 Å². The van der Waals surface area contributed by atoms with Gasteiger partial charge in [-0.3, -0.25) is 4.79 Å². The number of nitrogens with one attached hydrogen (secondary N) is 1. The highest BCUT2D eigenvalue weighted by molar-refractivity contribution is 6.30. The monoisotopic (exact) mass is 405 g/mol. The first kappa shape index (κ1) is 19.3. The van der Waals surface area contributed by atoms with Crippen LogP contribution in [0.15, 0.2) is 27.9 Å². The van der Waals surface area contributed by atoms with E-state index < -0.39 is 5.91 Å². The van der Waals surface area contributed by atoms with Crippen LogP contribution in [-0.2, 0) is 6.54 Å². The van der Waals surface area contributed by atoms with E-state index in [4.69, 9.17) is 17.3 Å². The topological polar surface area (TPSA) is 161 Å². The fourth-order valence-electron chi connectivity index (χ4n) is 2.27. The lowest BCUT2D eigenvalue weighted by atomic mass is 10.2. The maximum atomic E-state index is 12.5. The highest BCUT2D eigenvalue weighted by Gasteiger charge is 2.24. The summed E-state index contributed by atoms with van der Waals surface area (Å²) >= 11 is 5.87. The number of carbonyl (C=O) groups excluding carboxylic acids is 1. The minimum Gasteiger partial charge on any atom is -0.507 e. The molecular formula is C15H16ClN9O3. The van der Waals surface area contributed by atoms with Gasteiger partial charge in [-0.25, -0.2) is 10.1 Å². The Hall–Kier alpha value is -3.51. The lowest BCUT2D eigenvalue weighted by Gasteiger charge is -2.11. The van der Waals surface area contributed by atoms with Crippen LogP contribution in [0.4, 0.5) is 5.82 Å². The zero-order valence-electron chi connectivity index (χ0n) is 14.9. The van der Waals surface area contributed by atoms with E-state index in [1.165, 1.54) is 29.1 Å². The van der Waals surface area contributed by atoms with E-state index in [1.54, 1.807) is 0 Å². The molecule has 4 N–H and O–H groups in total. The van der Waals surface area contributed by atoms with Crippen molar-refractivity contribution in [2.45, 2.75) is 6.54 Å². The minimum atomic E-state index is -0.615. The van der Waals surface area contributed by atoms with Gasteiger partial charge in [0.15, 0.2) is 5.69 Å². The van der Waals surface area contributed by atoms with Crippen molar-refractivity contribution in [2.75, 3.05) is 19.8 Å². The van der Waals surface area contributed by atoms with E-state index in [1.807, 2.05) is 19.0 Å². The first-order valence-corrected chi connectivity index (χ1v) is 8.24. The number of aromatic hydroxyl groups is 1. The molecule has 2 aromatic heterocycles. The van der Waals surface area contributed by atoms with Gasteiger partial charge in [-0.05, 0) is 42.6 Å². The van der Waals surface area contributed by atoms with Gasteiger partial charge >= 0.3 is 0 Å². The predicted molar refractivity (Wildman–Crippen MR) is 99.2 cm³/mol. The van der Waals surface area contributed by atoms with Crippen LogP contribution in [-0.4, -0.2) is 61.5 Å². The second kappa shape index (κ2) is 8.02. The van der Waals surface area contributed by atoms with Crippen LogP contribution >= 0.6 is 11.6 Å². The minimum absolute atomic E-state index is 0.00585. The number of hydrogen-bond donors (Lipinski definition) is 3. The maximum Gasteiger partial charge on any atom is 0.293 e. The number of hydrazone groups is 1. The summed E-state index contributed by atoms with van der Waals surface area (Å²) in [6, 6.07) is 4.45. The summed E-state index contributed by atoms with van der Waals surface area (Å²) in [5.41, 5.74) is 8.80. The molecule has 0 radical (unpaired) electrons. The van der Waals surface area contributed by atoms with Gasteiger partial charge in [0, 0.05) is 17.1 Å². The second-order valence-electron chi connectivity index (χ2n) is 5.91. The summed E-state index contributed by atoms with van der Waals surface area (Å²) in [5, 5.41) is 29.0. The fraction of sp³-hybridized carbons (Fsp3) is 0.200. The van der Waals surface area contributed by atoms with Crippen molar-refractivity contribution in [1.29, 1.82) is 0 Å². The summed E-state index contributed by atoms with van der Waals surface area (Å²) < 4.78 is 5.85. The number of nitrogen functional groups attached to an aromatic ring is 1. The van der Waals surface area contributed by atoms with Gasteiger partial charge < -0.3 is 15.7 Å². The van der Waals surface area contributed by atoms with Gasteiger partial charge in [-0.1, -0.05) is 16.8 Å². The Morgan fingerprint density at radius 1 is 1.46 bits per heavy atom. The maximum absolute atomic E-state index is 12.5. The molecule has 28 heavy (non-hydrogen) atoms. The Morgan fingerprint density at radius 2 is 2.25 bits per heavy atom. The molecule has 0 spiro atoms. The van der Waals surface area contributed by atoms with Crippen molar-refractivity contribution < 1.29 is 14.5 Å². The Kier molecular flexibility index (Phi) is 5.52. The third-order valence-electron chi connectivity index (χ3n) is 3.50. The van der Waals surface area contributed by atoms with Crippen LogP contribution in [0, 0.1) is 0 Å². The summed E-state index contributed by atoms with van der Waals surface area (Å²) in [7, 11) is 3.62. The SMILES string of the molecule is CN(C)Cc1c(C(=O)NN=Cc2cc(Cl)ccc2O)nnn1-c1nonc1N. The molecule has 12 nitrogen and oxygen atoms in total. The molecule has 0 aliphatic rings. The van der Waals surface area contributed by atoms with Gasteiger partial charge in [0.1, 0.15) is 5.75 Å². The number of carbonyl (C=O) groups is 1. The number of aromatic nitrogens is 5. The molecule has 1 amide bonds. The third kappa shape index (κ3) is 4.07. The Morgan fingerprint density at radius 3 is 2.93 bits per heavy atom. The van der Waals surface area contributed by atoms with Gasteiger partial charge in [0.2, 0.25) is 11.6 Å². The van der Waals surface area contributed by atoms with Crippen molar-refractivity contribution in [3.05, 3.63) is 40.2 Å². The third-order valence-corrected chi connectivity index (χ3v) is 3.73. The second-order valence-corrected chi connectivity index (χ2v) is 6.35. The molecule has 3 rings (SSSR count). The molecule has 1 aromatic carbocycles. The molecule has 0 aliphatic heterocycles. The van der Waals surface area contributed by atoms with E-state index in [2.05, 4.69) is 35.8 Å². The van der Waals surface area contributed by atoms with Crippen LogP contribution in [0.2, 0.25) is 5.02 Å². The van der Waals surface area contributed by atoms with E-state index in [0.29, 0.717) is 22.8 Å². The Balaban J connectivity index is 1.85. The molecule has 0 saturated carbocycles. The molecule has 0 unspecified atom stereocenters. The zero-order valence-corrected chi connectivity index (χ0v) is 15.6. The fourth-order valence-corrected chi connectivity index (χ4v) is 2.45. The number of anilines is 1. The molecule has 146 valence electrons. The summed E-state index contributed by atoms with van der Waals surface area (Å²) in [4.78, 5) is 14.3.